The van der Waals surface area contributed by atoms with E-state index >= 15 is 0 Å². The van der Waals surface area contributed by atoms with Gasteiger partial charge in [0, 0.05) is 13.1 Å². The van der Waals surface area contributed by atoms with Crippen LogP contribution in [0.15, 0.2) is 0 Å². The summed E-state index contributed by atoms with van der Waals surface area (Å²) in [6.45, 7) is 22.3. The minimum atomic E-state index is 0.448. The van der Waals surface area contributed by atoms with Crippen LogP contribution in [0.2, 0.25) is 0 Å². The fraction of sp³-hybridized carbons (Fsp3) is 1.00. The Kier molecular flexibility index (Phi) is 11.4. The zero-order valence-corrected chi connectivity index (χ0v) is 16.0. The molecule has 0 fully saturated rings. The van der Waals surface area contributed by atoms with Crippen LogP contribution in [0.3, 0.4) is 0 Å². The lowest BCUT2D eigenvalue weighted by Crippen LogP contribution is -2.44. The van der Waals surface area contributed by atoms with Crippen LogP contribution < -0.4 is 5.32 Å². The lowest BCUT2D eigenvalue weighted by Gasteiger charge is -2.38. The second-order valence-corrected chi connectivity index (χ2v) is 7.63. The largest absolute Gasteiger partial charge is 0.316 e. The molecular formula is C19H42N2. The van der Waals surface area contributed by atoms with Crippen LogP contribution in [0.1, 0.15) is 74.1 Å². The van der Waals surface area contributed by atoms with Gasteiger partial charge in [-0.1, -0.05) is 48.5 Å². The van der Waals surface area contributed by atoms with Gasteiger partial charge in [-0.2, -0.15) is 0 Å². The lowest BCUT2D eigenvalue weighted by molar-refractivity contribution is 0.125. The first kappa shape index (κ1) is 20.9. The van der Waals surface area contributed by atoms with Gasteiger partial charge < -0.3 is 10.2 Å². The van der Waals surface area contributed by atoms with E-state index in [0.29, 0.717) is 5.41 Å². The van der Waals surface area contributed by atoms with Crippen molar-refractivity contribution in [1.82, 2.24) is 10.2 Å². The Morgan fingerprint density at radius 3 is 1.67 bits per heavy atom. The second-order valence-electron chi connectivity index (χ2n) is 7.63. The average Bonchev–Trinajstić information content (AvgIpc) is 2.45. The molecule has 2 heteroatoms. The molecule has 128 valence electrons. The maximum atomic E-state index is 3.60. The summed E-state index contributed by atoms with van der Waals surface area (Å²) in [5.74, 6) is 1.61. The number of hydrogen-bond acceptors (Lipinski definition) is 2. The van der Waals surface area contributed by atoms with Gasteiger partial charge in [0.1, 0.15) is 0 Å². The molecule has 1 N–H and O–H groups in total. The summed E-state index contributed by atoms with van der Waals surface area (Å²) in [5.41, 5.74) is 0.448. The van der Waals surface area contributed by atoms with E-state index < -0.39 is 0 Å². The molecule has 0 saturated carbocycles. The van der Waals surface area contributed by atoms with Gasteiger partial charge in [-0.15, -0.1) is 0 Å². The summed E-state index contributed by atoms with van der Waals surface area (Å²) in [5, 5.41) is 3.60. The van der Waals surface area contributed by atoms with Gasteiger partial charge in [0.05, 0.1) is 0 Å². The maximum absolute atomic E-state index is 3.60. The number of nitrogens with one attached hydrogen (secondary N) is 1. The molecule has 0 aromatic heterocycles. The van der Waals surface area contributed by atoms with Crippen LogP contribution in [0, 0.1) is 17.3 Å². The Labute approximate surface area is 135 Å². The van der Waals surface area contributed by atoms with Crippen molar-refractivity contribution < 1.29 is 0 Å². The molecule has 0 atom stereocenters. The first-order valence-corrected chi connectivity index (χ1v) is 9.32. The topological polar surface area (TPSA) is 15.3 Å². The standard InChI is InChI=1S/C19H42N2/c1-8-19(9-2,15-20-10-3)16-21(13-11-17(4)5)14-12-18(6)7/h17-18,20H,8-16H2,1-7H3. The molecule has 2 nitrogen and oxygen atoms in total. The smallest absolute Gasteiger partial charge is 0.00499 e. The minimum absolute atomic E-state index is 0.448. The van der Waals surface area contributed by atoms with Crippen molar-refractivity contribution in [3.63, 3.8) is 0 Å². The molecule has 0 aromatic rings. The highest BCUT2D eigenvalue weighted by Crippen LogP contribution is 2.27. The van der Waals surface area contributed by atoms with Crippen LogP contribution >= 0.6 is 0 Å². The summed E-state index contributed by atoms with van der Waals surface area (Å²) in [4.78, 5) is 2.74. The van der Waals surface area contributed by atoms with Gasteiger partial charge in [-0.05, 0) is 62.6 Å². The van der Waals surface area contributed by atoms with Crippen molar-refractivity contribution in [2.45, 2.75) is 74.1 Å². The van der Waals surface area contributed by atoms with Gasteiger partial charge in [0.15, 0.2) is 0 Å². The molecule has 0 aliphatic heterocycles. The highest BCUT2D eigenvalue weighted by Gasteiger charge is 2.28. The van der Waals surface area contributed by atoms with Crippen molar-refractivity contribution in [2.24, 2.45) is 17.3 Å². The van der Waals surface area contributed by atoms with Crippen LogP contribution in [0.25, 0.3) is 0 Å². The second kappa shape index (κ2) is 11.5. The SMILES string of the molecule is CCNCC(CC)(CC)CN(CCC(C)C)CCC(C)C. The van der Waals surface area contributed by atoms with Gasteiger partial charge in [-0.25, -0.2) is 0 Å². The first-order chi connectivity index (χ1) is 9.89. The Morgan fingerprint density at radius 2 is 1.33 bits per heavy atom. The lowest BCUT2D eigenvalue weighted by atomic mass is 9.81. The summed E-state index contributed by atoms with van der Waals surface area (Å²) >= 11 is 0. The van der Waals surface area contributed by atoms with E-state index in [2.05, 4.69) is 58.7 Å². The molecule has 0 aliphatic rings. The minimum Gasteiger partial charge on any atom is -0.316 e. The predicted octanol–water partition coefficient (Wildman–Crippen LogP) is 4.80. The Bertz CT molecular complexity index is 220. The van der Waals surface area contributed by atoms with Crippen LogP contribution in [0.5, 0.6) is 0 Å². The average molecular weight is 299 g/mol. The number of hydrogen-bond donors (Lipinski definition) is 1. The maximum Gasteiger partial charge on any atom is 0.00499 e. The third kappa shape index (κ3) is 9.52. The predicted molar refractivity (Wildman–Crippen MR) is 96.9 cm³/mol. The van der Waals surface area contributed by atoms with Gasteiger partial charge in [0.2, 0.25) is 0 Å². The monoisotopic (exact) mass is 298 g/mol. The highest BCUT2D eigenvalue weighted by atomic mass is 15.1. The van der Waals surface area contributed by atoms with Crippen LogP contribution in [-0.2, 0) is 0 Å². The molecule has 0 spiro atoms. The Morgan fingerprint density at radius 1 is 0.857 bits per heavy atom. The summed E-state index contributed by atoms with van der Waals surface area (Å²) in [7, 11) is 0. The zero-order valence-electron chi connectivity index (χ0n) is 16.0. The molecule has 0 bridgehead atoms. The van der Waals surface area contributed by atoms with E-state index in [1.165, 1.54) is 45.3 Å². The summed E-state index contributed by atoms with van der Waals surface area (Å²) in [6.07, 6.45) is 5.19. The molecule has 0 aromatic carbocycles. The van der Waals surface area contributed by atoms with Gasteiger partial charge in [-0.3, -0.25) is 0 Å². The Hall–Kier alpha value is -0.0800. The number of rotatable bonds is 13. The quantitative estimate of drug-likeness (QED) is 0.525. The fourth-order valence-electron chi connectivity index (χ4n) is 2.80. The van der Waals surface area contributed by atoms with Gasteiger partial charge >= 0.3 is 0 Å². The fourth-order valence-corrected chi connectivity index (χ4v) is 2.80. The van der Waals surface area contributed by atoms with Crippen LogP contribution in [-0.4, -0.2) is 37.6 Å². The molecule has 21 heavy (non-hydrogen) atoms. The molecule has 0 amide bonds. The Balaban J connectivity index is 4.67. The molecule has 0 unspecified atom stereocenters. The van der Waals surface area contributed by atoms with Crippen molar-refractivity contribution in [3.05, 3.63) is 0 Å². The normalized spacial score (nSPS) is 12.9. The van der Waals surface area contributed by atoms with Crippen molar-refractivity contribution in [2.75, 3.05) is 32.7 Å². The molecule has 0 saturated heterocycles. The molecule has 0 rings (SSSR count). The van der Waals surface area contributed by atoms with Crippen molar-refractivity contribution in [3.8, 4) is 0 Å². The van der Waals surface area contributed by atoms with E-state index in [4.69, 9.17) is 0 Å². The molecule has 0 aliphatic carbocycles. The molecule has 0 radical (unpaired) electrons. The zero-order chi connectivity index (χ0) is 16.3. The van der Waals surface area contributed by atoms with E-state index in [-0.39, 0.29) is 0 Å². The third-order valence-corrected chi connectivity index (χ3v) is 4.85. The third-order valence-electron chi connectivity index (χ3n) is 4.85. The van der Waals surface area contributed by atoms with Crippen molar-refractivity contribution >= 4 is 0 Å². The van der Waals surface area contributed by atoms with E-state index in [1.54, 1.807) is 0 Å². The highest BCUT2D eigenvalue weighted by molar-refractivity contribution is 4.83. The van der Waals surface area contributed by atoms with E-state index in [0.717, 1.165) is 24.9 Å². The van der Waals surface area contributed by atoms with E-state index in [1.807, 2.05) is 0 Å². The van der Waals surface area contributed by atoms with Gasteiger partial charge in [0.25, 0.3) is 0 Å². The summed E-state index contributed by atoms with van der Waals surface area (Å²) < 4.78 is 0. The number of nitrogens with zero attached hydrogens (tertiary/aromatic N) is 1. The molecule has 0 heterocycles. The van der Waals surface area contributed by atoms with E-state index in [9.17, 15) is 0 Å². The summed E-state index contributed by atoms with van der Waals surface area (Å²) in [6, 6.07) is 0. The molecular weight excluding hydrogens is 256 g/mol. The van der Waals surface area contributed by atoms with Crippen molar-refractivity contribution in [1.29, 1.82) is 0 Å². The first-order valence-electron chi connectivity index (χ1n) is 9.32. The van der Waals surface area contributed by atoms with Crippen LogP contribution in [0.4, 0.5) is 0 Å².